The minimum Gasteiger partial charge on any atom is -0.463 e. The zero-order valence-electron chi connectivity index (χ0n) is 22.6. The number of ether oxygens (including phenoxy) is 1. The minimum absolute atomic E-state index is 0.196. The van der Waals surface area contributed by atoms with Gasteiger partial charge in [-0.25, -0.2) is 9.79 Å². The molecule has 42 heavy (non-hydrogen) atoms. The summed E-state index contributed by atoms with van der Waals surface area (Å²) in [6, 6.07) is 20.0. The quantitative estimate of drug-likeness (QED) is 0.194. The van der Waals surface area contributed by atoms with Gasteiger partial charge in [-0.2, -0.15) is 0 Å². The van der Waals surface area contributed by atoms with Crippen LogP contribution < -0.4 is 14.9 Å². The number of hydrogen-bond acceptors (Lipinski definition) is 5. The number of aromatic nitrogens is 2. The molecule has 3 heterocycles. The molecule has 10 heteroatoms. The Hall–Kier alpha value is -3.62. The Labute approximate surface area is 260 Å². The van der Waals surface area contributed by atoms with Crippen molar-refractivity contribution in [2.24, 2.45) is 4.99 Å². The lowest BCUT2D eigenvalue weighted by Gasteiger charge is -2.25. The van der Waals surface area contributed by atoms with Gasteiger partial charge >= 0.3 is 5.97 Å². The zero-order chi connectivity index (χ0) is 29.5. The summed E-state index contributed by atoms with van der Waals surface area (Å²) in [4.78, 5) is 32.4. The molecule has 0 unspecified atom stereocenters. The van der Waals surface area contributed by atoms with Gasteiger partial charge in [-0.05, 0) is 55.3 Å². The van der Waals surface area contributed by atoms with Gasteiger partial charge in [0, 0.05) is 34.2 Å². The molecule has 0 N–H and O–H groups in total. The van der Waals surface area contributed by atoms with E-state index in [4.69, 9.17) is 39.5 Å². The molecule has 212 valence electrons. The highest BCUT2D eigenvalue weighted by Gasteiger charge is 2.34. The van der Waals surface area contributed by atoms with E-state index < -0.39 is 12.0 Å². The topological polar surface area (TPSA) is 65.6 Å². The zero-order valence-corrected chi connectivity index (χ0v) is 25.7. The van der Waals surface area contributed by atoms with E-state index in [1.54, 1.807) is 30.5 Å². The first-order valence-corrected chi connectivity index (χ1v) is 15.2. The number of benzene rings is 3. The normalized spacial score (nSPS) is 15.2. The number of fused-ring (bicyclic) bond motifs is 2. The van der Waals surface area contributed by atoms with Crippen LogP contribution in [-0.4, -0.2) is 21.7 Å². The van der Waals surface area contributed by atoms with E-state index in [-0.39, 0.29) is 12.2 Å². The molecule has 1 aliphatic rings. The second kappa shape index (κ2) is 11.6. The number of nitrogens with zero attached hydrogens (tertiary/aromatic N) is 3. The van der Waals surface area contributed by atoms with Crippen molar-refractivity contribution in [1.82, 2.24) is 9.13 Å². The predicted molar refractivity (Wildman–Crippen MR) is 169 cm³/mol. The van der Waals surface area contributed by atoms with Crippen LogP contribution in [0.15, 0.2) is 94.0 Å². The van der Waals surface area contributed by atoms with Gasteiger partial charge < -0.3 is 9.30 Å². The fourth-order valence-corrected chi connectivity index (χ4v) is 6.88. The Morgan fingerprint density at radius 1 is 1.02 bits per heavy atom. The number of esters is 1. The number of rotatable bonds is 6. The summed E-state index contributed by atoms with van der Waals surface area (Å²) in [6.07, 6.45) is 3.90. The van der Waals surface area contributed by atoms with Crippen LogP contribution in [0.4, 0.5) is 0 Å². The molecule has 0 radical (unpaired) electrons. The standard InChI is InChI=1S/C32H24Cl3N3O3S/c1-3-41-31(40)28-18(2)36-32-38(29(28)22-9-4-6-10-23(22)33)30(39)27(42-32)15-20-17-37(26-11-7-5-8-21(20)26)16-19-12-13-24(34)25(35)14-19/h4-15,17,29H,3,16H2,1-2H3/b27-15-/t29-/m0/s1. The molecule has 2 aromatic heterocycles. The first-order chi connectivity index (χ1) is 20.3. The van der Waals surface area contributed by atoms with Gasteiger partial charge in [0.15, 0.2) is 4.80 Å². The number of hydrogen-bond donors (Lipinski definition) is 0. The van der Waals surface area contributed by atoms with Crippen LogP contribution in [0.1, 0.15) is 36.6 Å². The molecule has 0 amide bonds. The Morgan fingerprint density at radius 2 is 1.79 bits per heavy atom. The third kappa shape index (κ3) is 5.11. The molecule has 0 aliphatic carbocycles. The maximum atomic E-state index is 14.1. The van der Waals surface area contributed by atoms with Crippen molar-refractivity contribution in [3.05, 3.63) is 136 Å². The lowest BCUT2D eigenvalue weighted by atomic mass is 9.96. The van der Waals surface area contributed by atoms with E-state index in [0.29, 0.717) is 47.8 Å². The van der Waals surface area contributed by atoms with Crippen LogP contribution >= 0.6 is 46.1 Å². The van der Waals surface area contributed by atoms with Crippen molar-refractivity contribution in [2.75, 3.05) is 6.61 Å². The maximum absolute atomic E-state index is 14.1. The average molecular weight is 637 g/mol. The van der Waals surface area contributed by atoms with Crippen LogP contribution in [0.5, 0.6) is 0 Å². The van der Waals surface area contributed by atoms with Gasteiger partial charge in [-0.1, -0.05) is 88.6 Å². The lowest BCUT2D eigenvalue weighted by Crippen LogP contribution is -2.40. The maximum Gasteiger partial charge on any atom is 0.338 e. The highest BCUT2D eigenvalue weighted by molar-refractivity contribution is 7.07. The third-order valence-electron chi connectivity index (χ3n) is 7.16. The molecule has 5 aromatic rings. The summed E-state index contributed by atoms with van der Waals surface area (Å²) in [5.41, 5.74) is 4.04. The van der Waals surface area contributed by atoms with Crippen molar-refractivity contribution in [1.29, 1.82) is 0 Å². The summed E-state index contributed by atoms with van der Waals surface area (Å²) in [7, 11) is 0. The molecular weight excluding hydrogens is 613 g/mol. The Morgan fingerprint density at radius 3 is 2.55 bits per heavy atom. The van der Waals surface area contributed by atoms with Crippen LogP contribution in [-0.2, 0) is 16.1 Å². The van der Waals surface area contributed by atoms with Gasteiger partial charge in [0.2, 0.25) is 0 Å². The summed E-state index contributed by atoms with van der Waals surface area (Å²) in [5.74, 6) is -0.525. The van der Waals surface area contributed by atoms with E-state index >= 15 is 0 Å². The van der Waals surface area contributed by atoms with Crippen LogP contribution in [0, 0.1) is 0 Å². The first-order valence-electron chi connectivity index (χ1n) is 13.2. The molecule has 3 aromatic carbocycles. The van der Waals surface area contributed by atoms with E-state index in [9.17, 15) is 9.59 Å². The molecule has 6 nitrogen and oxygen atoms in total. The molecule has 0 saturated carbocycles. The van der Waals surface area contributed by atoms with E-state index in [1.807, 2.05) is 66.9 Å². The van der Waals surface area contributed by atoms with Crippen molar-refractivity contribution < 1.29 is 9.53 Å². The van der Waals surface area contributed by atoms with E-state index in [1.165, 1.54) is 11.3 Å². The van der Waals surface area contributed by atoms with Crippen LogP contribution in [0.3, 0.4) is 0 Å². The smallest absolute Gasteiger partial charge is 0.338 e. The summed E-state index contributed by atoms with van der Waals surface area (Å²) in [6.45, 7) is 4.26. The van der Waals surface area contributed by atoms with Gasteiger partial charge in [0.1, 0.15) is 6.04 Å². The highest BCUT2D eigenvalue weighted by Crippen LogP contribution is 2.34. The highest BCUT2D eigenvalue weighted by atomic mass is 35.5. The van der Waals surface area contributed by atoms with Crippen molar-refractivity contribution in [3.63, 3.8) is 0 Å². The first kappa shape index (κ1) is 28.5. The molecule has 0 spiro atoms. The largest absolute Gasteiger partial charge is 0.463 e. The Balaban J connectivity index is 1.52. The summed E-state index contributed by atoms with van der Waals surface area (Å²) >= 11 is 20.3. The number of thiazole rings is 1. The number of halogens is 3. The molecule has 6 rings (SSSR count). The molecule has 0 saturated heterocycles. The number of carbonyl (C=O) groups is 1. The number of allylic oxidation sites excluding steroid dienone is 1. The van der Waals surface area contributed by atoms with E-state index in [0.717, 1.165) is 22.0 Å². The second-order valence-electron chi connectivity index (χ2n) is 9.80. The van der Waals surface area contributed by atoms with E-state index in [2.05, 4.69) is 9.56 Å². The summed E-state index contributed by atoms with van der Waals surface area (Å²) < 4.78 is 9.53. The van der Waals surface area contributed by atoms with Crippen LogP contribution in [0.2, 0.25) is 15.1 Å². The Kier molecular flexibility index (Phi) is 7.85. The van der Waals surface area contributed by atoms with Crippen molar-refractivity contribution in [2.45, 2.75) is 26.4 Å². The average Bonchev–Trinajstić information content (AvgIpc) is 3.47. The second-order valence-corrected chi connectivity index (χ2v) is 12.0. The SMILES string of the molecule is CCOC(=O)C1=C(C)N=c2s/c(=C\c3cn(Cc4ccc(Cl)c(Cl)c4)c4ccccc34)c(=O)n2[C@H]1c1ccccc1Cl. The monoisotopic (exact) mass is 635 g/mol. The molecule has 1 aliphatic heterocycles. The van der Waals surface area contributed by atoms with Gasteiger partial charge in [0.05, 0.1) is 32.5 Å². The number of para-hydroxylation sites is 1. The van der Waals surface area contributed by atoms with Gasteiger partial charge in [0.25, 0.3) is 5.56 Å². The number of carbonyl (C=O) groups excluding carboxylic acids is 1. The van der Waals surface area contributed by atoms with Crippen molar-refractivity contribution in [3.8, 4) is 0 Å². The van der Waals surface area contributed by atoms with Crippen molar-refractivity contribution >= 4 is 69.1 Å². The minimum atomic E-state index is -0.771. The molecule has 0 fully saturated rings. The predicted octanol–water partition coefficient (Wildman–Crippen LogP) is 6.76. The Bertz CT molecular complexity index is 2090. The third-order valence-corrected chi connectivity index (χ3v) is 9.23. The molecular formula is C32H24Cl3N3O3S. The fraction of sp³-hybridized carbons (Fsp3) is 0.156. The van der Waals surface area contributed by atoms with Gasteiger partial charge in [-0.15, -0.1) is 0 Å². The summed E-state index contributed by atoms with van der Waals surface area (Å²) in [5, 5.41) is 2.44. The fourth-order valence-electron chi connectivity index (χ4n) is 5.28. The molecule has 1 atom stereocenters. The lowest BCUT2D eigenvalue weighted by molar-refractivity contribution is -0.139. The molecule has 0 bridgehead atoms. The van der Waals surface area contributed by atoms with Crippen LogP contribution in [0.25, 0.3) is 17.0 Å². The van der Waals surface area contributed by atoms with Gasteiger partial charge in [-0.3, -0.25) is 9.36 Å².